The van der Waals surface area contributed by atoms with Crippen molar-refractivity contribution < 1.29 is 9.66 Å². The molecule has 0 saturated carbocycles. The van der Waals surface area contributed by atoms with E-state index in [-0.39, 0.29) is 5.69 Å². The Kier molecular flexibility index (Phi) is 5.82. The van der Waals surface area contributed by atoms with Crippen molar-refractivity contribution in [3.63, 3.8) is 0 Å². The van der Waals surface area contributed by atoms with Crippen LogP contribution in [0.3, 0.4) is 0 Å². The molecule has 1 heterocycles. The standard InChI is InChI=1S/C18H17N5O3S/c1-3-27-18-21-20-17(14-7-9-16(26-2)10-8-14)22(18)19-12-13-5-4-6-15(11-13)23(24)25/h4-12H,3H2,1-2H3. The minimum Gasteiger partial charge on any atom is -0.497 e. The molecule has 0 aliphatic rings. The lowest BCUT2D eigenvalue weighted by atomic mass is 10.2. The van der Waals surface area contributed by atoms with E-state index in [1.54, 1.807) is 30.1 Å². The second-order valence-electron chi connectivity index (χ2n) is 5.38. The fourth-order valence-corrected chi connectivity index (χ4v) is 2.96. The Bertz CT molecular complexity index is 969. The molecule has 27 heavy (non-hydrogen) atoms. The highest BCUT2D eigenvalue weighted by Crippen LogP contribution is 2.25. The summed E-state index contributed by atoms with van der Waals surface area (Å²) in [5.74, 6) is 2.14. The summed E-state index contributed by atoms with van der Waals surface area (Å²) in [6.45, 7) is 2.01. The van der Waals surface area contributed by atoms with Crippen molar-refractivity contribution >= 4 is 23.7 Å². The van der Waals surface area contributed by atoms with Crippen molar-refractivity contribution in [3.8, 4) is 17.1 Å². The van der Waals surface area contributed by atoms with Crippen LogP contribution >= 0.6 is 11.8 Å². The van der Waals surface area contributed by atoms with Gasteiger partial charge in [0.1, 0.15) is 5.75 Å². The van der Waals surface area contributed by atoms with E-state index in [1.807, 2.05) is 31.2 Å². The molecule has 0 saturated heterocycles. The van der Waals surface area contributed by atoms with Gasteiger partial charge in [0.25, 0.3) is 5.69 Å². The van der Waals surface area contributed by atoms with Gasteiger partial charge in [-0.1, -0.05) is 30.8 Å². The lowest BCUT2D eigenvalue weighted by molar-refractivity contribution is -0.384. The minimum atomic E-state index is -0.433. The number of hydrogen-bond acceptors (Lipinski definition) is 7. The first-order valence-corrected chi connectivity index (χ1v) is 9.12. The van der Waals surface area contributed by atoms with E-state index in [0.29, 0.717) is 16.5 Å². The van der Waals surface area contributed by atoms with E-state index >= 15 is 0 Å². The van der Waals surface area contributed by atoms with Crippen LogP contribution in [-0.4, -0.2) is 38.9 Å². The third kappa shape index (κ3) is 4.32. The van der Waals surface area contributed by atoms with Crippen LogP contribution in [0.1, 0.15) is 12.5 Å². The Hall–Kier alpha value is -3.20. The largest absolute Gasteiger partial charge is 0.497 e. The van der Waals surface area contributed by atoms with Crippen molar-refractivity contribution in [2.75, 3.05) is 12.9 Å². The second-order valence-corrected chi connectivity index (χ2v) is 6.61. The van der Waals surface area contributed by atoms with Crippen molar-refractivity contribution in [2.45, 2.75) is 12.1 Å². The summed E-state index contributed by atoms with van der Waals surface area (Å²) in [6, 6.07) is 13.7. The topological polar surface area (TPSA) is 95.4 Å². The number of non-ortho nitro benzene ring substituents is 1. The molecule has 2 aromatic carbocycles. The summed E-state index contributed by atoms with van der Waals surface area (Å²) in [6.07, 6.45) is 1.56. The number of nitrogens with zero attached hydrogens (tertiary/aromatic N) is 5. The van der Waals surface area contributed by atoms with Gasteiger partial charge in [0.2, 0.25) is 5.16 Å². The lowest BCUT2D eigenvalue weighted by Crippen LogP contribution is -1.97. The van der Waals surface area contributed by atoms with Crippen LogP contribution in [0.2, 0.25) is 0 Å². The monoisotopic (exact) mass is 383 g/mol. The molecule has 0 fully saturated rings. The molecule has 0 amide bonds. The van der Waals surface area contributed by atoms with Crippen LogP contribution in [-0.2, 0) is 0 Å². The van der Waals surface area contributed by atoms with E-state index in [9.17, 15) is 10.1 Å². The molecule has 1 aromatic heterocycles. The van der Waals surface area contributed by atoms with Gasteiger partial charge >= 0.3 is 0 Å². The Balaban J connectivity index is 1.98. The first kappa shape index (κ1) is 18.6. The number of ether oxygens (including phenoxy) is 1. The van der Waals surface area contributed by atoms with Crippen LogP contribution < -0.4 is 4.74 Å². The number of nitro groups is 1. The lowest BCUT2D eigenvalue weighted by Gasteiger charge is -2.05. The molecule has 138 valence electrons. The predicted molar refractivity (Wildman–Crippen MR) is 104 cm³/mol. The molecule has 0 bridgehead atoms. The van der Waals surface area contributed by atoms with Crippen LogP contribution in [0, 0.1) is 10.1 Å². The van der Waals surface area contributed by atoms with Crippen molar-refractivity contribution in [2.24, 2.45) is 5.10 Å². The zero-order valence-corrected chi connectivity index (χ0v) is 15.6. The fourth-order valence-electron chi connectivity index (χ4n) is 2.35. The van der Waals surface area contributed by atoms with E-state index in [4.69, 9.17) is 4.74 Å². The number of thioether (sulfide) groups is 1. The zero-order valence-electron chi connectivity index (χ0n) is 14.8. The molecular formula is C18H17N5O3S. The molecule has 8 nitrogen and oxygen atoms in total. The highest BCUT2D eigenvalue weighted by molar-refractivity contribution is 7.99. The molecule has 0 radical (unpaired) electrons. The van der Waals surface area contributed by atoms with Gasteiger partial charge in [0.05, 0.1) is 18.2 Å². The maximum Gasteiger partial charge on any atom is 0.270 e. The van der Waals surface area contributed by atoms with Gasteiger partial charge in [-0.3, -0.25) is 10.1 Å². The molecule has 3 aromatic rings. The van der Waals surface area contributed by atoms with Crippen molar-refractivity contribution in [1.29, 1.82) is 0 Å². The van der Waals surface area contributed by atoms with Gasteiger partial charge < -0.3 is 4.74 Å². The minimum absolute atomic E-state index is 0.0150. The molecular weight excluding hydrogens is 366 g/mol. The third-order valence-electron chi connectivity index (χ3n) is 3.64. The van der Waals surface area contributed by atoms with E-state index in [1.165, 1.54) is 23.9 Å². The van der Waals surface area contributed by atoms with Gasteiger partial charge in [-0.15, -0.1) is 10.2 Å². The number of benzene rings is 2. The average Bonchev–Trinajstić information content (AvgIpc) is 3.09. The van der Waals surface area contributed by atoms with Gasteiger partial charge in [-0.05, 0) is 30.0 Å². The molecule has 0 aliphatic heterocycles. The van der Waals surface area contributed by atoms with Gasteiger partial charge in [0, 0.05) is 23.3 Å². The van der Waals surface area contributed by atoms with Crippen molar-refractivity contribution in [1.82, 2.24) is 14.9 Å². The van der Waals surface area contributed by atoms with Crippen molar-refractivity contribution in [3.05, 3.63) is 64.2 Å². The highest BCUT2D eigenvalue weighted by atomic mass is 32.2. The maximum absolute atomic E-state index is 10.9. The average molecular weight is 383 g/mol. The highest BCUT2D eigenvalue weighted by Gasteiger charge is 2.14. The smallest absolute Gasteiger partial charge is 0.270 e. The predicted octanol–water partition coefficient (Wildman–Crippen LogP) is 3.86. The normalized spacial score (nSPS) is 11.0. The second kappa shape index (κ2) is 8.45. The molecule has 0 spiro atoms. The summed E-state index contributed by atoms with van der Waals surface area (Å²) in [5, 5.41) is 24.5. The molecule has 0 N–H and O–H groups in total. The maximum atomic E-state index is 10.9. The Labute approximate surface area is 160 Å². The number of methoxy groups -OCH3 is 1. The van der Waals surface area contributed by atoms with E-state index in [2.05, 4.69) is 15.3 Å². The van der Waals surface area contributed by atoms with Crippen LogP contribution in [0.25, 0.3) is 11.4 Å². The summed E-state index contributed by atoms with van der Waals surface area (Å²) >= 11 is 1.51. The Morgan fingerprint density at radius 3 is 2.70 bits per heavy atom. The first-order valence-electron chi connectivity index (χ1n) is 8.14. The SMILES string of the molecule is CCSc1nnc(-c2ccc(OC)cc2)n1N=Cc1cccc([N+](=O)[O-])c1. The Morgan fingerprint density at radius 1 is 1.26 bits per heavy atom. The number of aromatic nitrogens is 3. The fraction of sp³-hybridized carbons (Fsp3) is 0.167. The summed E-state index contributed by atoms with van der Waals surface area (Å²) in [5.41, 5.74) is 1.47. The van der Waals surface area contributed by atoms with E-state index < -0.39 is 4.92 Å². The molecule has 0 aliphatic carbocycles. The van der Waals surface area contributed by atoms with Crippen LogP contribution in [0.5, 0.6) is 5.75 Å². The number of hydrogen-bond donors (Lipinski definition) is 0. The zero-order chi connectivity index (χ0) is 19.2. The molecule has 9 heteroatoms. The summed E-state index contributed by atoms with van der Waals surface area (Å²) < 4.78 is 6.82. The number of nitro benzene ring substituents is 1. The van der Waals surface area contributed by atoms with Gasteiger partial charge in [-0.25, -0.2) is 0 Å². The van der Waals surface area contributed by atoms with Crippen LogP contribution in [0.15, 0.2) is 58.8 Å². The first-order chi connectivity index (χ1) is 13.1. The number of rotatable bonds is 7. The van der Waals surface area contributed by atoms with Crippen LogP contribution in [0.4, 0.5) is 5.69 Å². The molecule has 0 atom stereocenters. The van der Waals surface area contributed by atoms with Gasteiger partial charge in [-0.2, -0.15) is 9.78 Å². The molecule has 3 rings (SSSR count). The summed E-state index contributed by atoms with van der Waals surface area (Å²) in [4.78, 5) is 10.5. The van der Waals surface area contributed by atoms with Gasteiger partial charge in [0.15, 0.2) is 5.82 Å². The quantitative estimate of drug-likeness (QED) is 0.266. The molecule has 0 unspecified atom stereocenters. The van der Waals surface area contributed by atoms with E-state index in [0.717, 1.165) is 17.1 Å². The Morgan fingerprint density at radius 2 is 2.04 bits per heavy atom. The third-order valence-corrected chi connectivity index (χ3v) is 4.44. The summed E-state index contributed by atoms with van der Waals surface area (Å²) in [7, 11) is 1.61.